The van der Waals surface area contributed by atoms with Gasteiger partial charge in [0.2, 0.25) is 17.6 Å². The summed E-state index contributed by atoms with van der Waals surface area (Å²) in [5.74, 6) is 2.22. The van der Waals surface area contributed by atoms with Gasteiger partial charge in [-0.1, -0.05) is 49.3 Å². The third kappa shape index (κ3) is 5.59. The summed E-state index contributed by atoms with van der Waals surface area (Å²) in [5.41, 5.74) is 1.77. The maximum atomic E-state index is 12.4. The second-order valence-electron chi connectivity index (χ2n) is 7.47. The van der Waals surface area contributed by atoms with E-state index in [2.05, 4.69) is 15.5 Å². The van der Waals surface area contributed by atoms with Gasteiger partial charge in [0, 0.05) is 24.5 Å². The monoisotopic (exact) mass is 409 g/mol. The zero-order chi connectivity index (χ0) is 21.5. The molecule has 3 aromatic rings. The van der Waals surface area contributed by atoms with Gasteiger partial charge in [0.05, 0.1) is 14.2 Å². The molecular weight excluding hydrogens is 382 g/mol. The Kier molecular flexibility index (Phi) is 7.06. The molecule has 0 aliphatic heterocycles. The summed E-state index contributed by atoms with van der Waals surface area (Å²) in [6, 6.07) is 14.9. The molecule has 0 saturated carbocycles. The van der Waals surface area contributed by atoms with Gasteiger partial charge < -0.3 is 19.3 Å². The van der Waals surface area contributed by atoms with Crippen LogP contribution in [-0.4, -0.2) is 30.3 Å². The number of methoxy groups -OCH3 is 2. The van der Waals surface area contributed by atoms with E-state index in [9.17, 15) is 4.79 Å². The van der Waals surface area contributed by atoms with Crippen molar-refractivity contribution in [3.05, 3.63) is 60.0 Å². The van der Waals surface area contributed by atoms with Crippen LogP contribution in [0.4, 0.5) is 0 Å². The van der Waals surface area contributed by atoms with Gasteiger partial charge in [-0.15, -0.1) is 0 Å². The number of nitrogens with one attached hydrogen (secondary N) is 1. The van der Waals surface area contributed by atoms with Crippen molar-refractivity contribution in [3.8, 4) is 22.9 Å². The Hall–Kier alpha value is -3.35. The Bertz CT molecular complexity index is 947. The lowest BCUT2D eigenvalue weighted by Crippen LogP contribution is -2.31. The molecule has 0 fully saturated rings. The van der Waals surface area contributed by atoms with Crippen LogP contribution in [0.15, 0.2) is 53.1 Å². The molecule has 0 bridgehead atoms. The van der Waals surface area contributed by atoms with Gasteiger partial charge in [-0.3, -0.25) is 4.79 Å². The third-order valence-corrected chi connectivity index (χ3v) is 4.56. The van der Waals surface area contributed by atoms with Crippen LogP contribution in [0, 0.1) is 5.92 Å². The van der Waals surface area contributed by atoms with E-state index in [1.165, 1.54) is 0 Å². The molecule has 1 atom stereocenters. The van der Waals surface area contributed by atoms with E-state index in [1.54, 1.807) is 32.4 Å². The average molecular weight is 409 g/mol. The number of aromatic nitrogens is 2. The Balaban J connectivity index is 1.89. The molecule has 3 rings (SSSR count). The van der Waals surface area contributed by atoms with Crippen molar-refractivity contribution >= 4 is 5.91 Å². The molecule has 0 unspecified atom stereocenters. The van der Waals surface area contributed by atoms with Crippen LogP contribution < -0.4 is 14.8 Å². The lowest BCUT2D eigenvalue weighted by molar-refractivity contribution is -0.122. The van der Waals surface area contributed by atoms with Crippen LogP contribution >= 0.6 is 0 Å². The van der Waals surface area contributed by atoms with E-state index < -0.39 is 6.04 Å². The molecule has 0 aliphatic carbocycles. The van der Waals surface area contributed by atoms with Crippen molar-refractivity contribution in [2.24, 2.45) is 5.92 Å². The third-order valence-electron chi connectivity index (χ3n) is 4.56. The summed E-state index contributed by atoms with van der Waals surface area (Å²) in [4.78, 5) is 17.0. The fourth-order valence-corrected chi connectivity index (χ4v) is 3.10. The summed E-state index contributed by atoms with van der Waals surface area (Å²) in [6.45, 7) is 4.01. The molecule has 2 aromatic carbocycles. The number of amides is 1. The summed E-state index contributed by atoms with van der Waals surface area (Å²) in [5, 5.41) is 7.16. The molecule has 0 radical (unpaired) electrons. The van der Waals surface area contributed by atoms with E-state index in [-0.39, 0.29) is 11.8 Å². The SMILES string of the molecule is COc1cc(OC)cc(-c2noc([C@@H](Cc3ccccc3)NC(=O)CC(C)C)n2)c1. The summed E-state index contributed by atoms with van der Waals surface area (Å²) >= 11 is 0. The van der Waals surface area contributed by atoms with E-state index in [4.69, 9.17) is 14.0 Å². The molecule has 7 nitrogen and oxygen atoms in total. The Morgan fingerprint density at radius 3 is 2.33 bits per heavy atom. The maximum absolute atomic E-state index is 12.4. The quantitative estimate of drug-likeness (QED) is 0.570. The number of hydrogen-bond acceptors (Lipinski definition) is 6. The minimum Gasteiger partial charge on any atom is -0.497 e. The first-order valence-electron chi connectivity index (χ1n) is 9.88. The number of carbonyl (C=O) groups is 1. The largest absolute Gasteiger partial charge is 0.497 e. The van der Waals surface area contributed by atoms with Crippen LogP contribution in [0.5, 0.6) is 11.5 Å². The van der Waals surface area contributed by atoms with Gasteiger partial charge in [0.25, 0.3) is 0 Å². The molecule has 158 valence electrons. The lowest BCUT2D eigenvalue weighted by Gasteiger charge is -2.16. The predicted molar refractivity (Wildman–Crippen MR) is 113 cm³/mol. The second-order valence-corrected chi connectivity index (χ2v) is 7.47. The molecule has 0 aliphatic rings. The first kappa shape index (κ1) is 21.4. The van der Waals surface area contributed by atoms with Crippen LogP contribution in [0.25, 0.3) is 11.4 Å². The number of ether oxygens (including phenoxy) is 2. The Morgan fingerprint density at radius 2 is 1.73 bits per heavy atom. The lowest BCUT2D eigenvalue weighted by atomic mass is 10.0. The molecular formula is C23H27N3O4. The van der Waals surface area contributed by atoms with Crippen molar-refractivity contribution in [2.75, 3.05) is 14.2 Å². The zero-order valence-electron chi connectivity index (χ0n) is 17.7. The van der Waals surface area contributed by atoms with Crippen molar-refractivity contribution < 1.29 is 18.8 Å². The van der Waals surface area contributed by atoms with Crippen LogP contribution in [0.3, 0.4) is 0 Å². The summed E-state index contributed by atoms with van der Waals surface area (Å²) in [6.07, 6.45) is 0.979. The van der Waals surface area contributed by atoms with Crippen LogP contribution in [0.1, 0.15) is 37.8 Å². The fraction of sp³-hybridized carbons (Fsp3) is 0.348. The van der Waals surface area contributed by atoms with Gasteiger partial charge >= 0.3 is 0 Å². The number of carbonyl (C=O) groups excluding carboxylic acids is 1. The highest BCUT2D eigenvalue weighted by molar-refractivity contribution is 5.76. The first-order valence-corrected chi connectivity index (χ1v) is 9.88. The van der Waals surface area contributed by atoms with Crippen molar-refractivity contribution in [2.45, 2.75) is 32.7 Å². The van der Waals surface area contributed by atoms with Crippen molar-refractivity contribution in [1.82, 2.24) is 15.5 Å². The summed E-state index contributed by atoms with van der Waals surface area (Å²) in [7, 11) is 3.17. The smallest absolute Gasteiger partial charge is 0.249 e. The molecule has 1 heterocycles. The molecule has 30 heavy (non-hydrogen) atoms. The van der Waals surface area contributed by atoms with Gasteiger partial charge in [-0.25, -0.2) is 0 Å². The number of hydrogen-bond donors (Lipinski definition) is 1. The van der Waals surface area contributed by atoms with Crippen molar-refractivity contribution in [3.63, 3.8) is 0 Å². The Morgan fingerprint density at radius 1 is 1.07 bits per heavy atom. The predicted octanol–water partition coefficient (Wildman–Crippen LogP) is 4.20. The standard InChI is InChI=1S/C23H27N3O4/c1-15(2)10-21(27)24-20(11-16-8-6-5-7-9-16)23-25-22(26-30-23)17-12-18(28-3)14-19(13-17)29-4/h5-9,12-15,20H,10-11H2,1-4H3,(H,24,27)/t20-/m1/s1. The zero-order valence-corrected chi connectivity index (χ0v) is 17.7. The molecule has 1 N–H and O–H groups in total. The van der Waals surface area contributed by atoms with Crippen LogP contribution in [0.2, 0.25) is 0 Å². The highest BCUT2D eigenvalue weighted by atomic mass is 16.5. The topological polar surface area (TPSA) is 86.5 Å². The number of nitrogens with zero attached hydrogens (tertiary/aromatic N) is 2. The van der Waals surface area contributed by atoms with E-state index in [1.807, 2.05) is 44.2 Å². The van der Waals surface area contributed by atoms with Gasteiger partial charge in [0.15, 0.2) is 0 Å². The van der Waals surface area contributed by atoms with Gasteiger partial charge in [-0.2, -0.15) is 4.98 Å². The minimum absolute atomic E-state index is 0.0475. The fourth-order valence-electron chi connectivity index (χ4n) is 3.10. The van der Waals surface area contributed by atoms with Crippen molar-refractivity contribution in [1.29, 1.82) is 0 Å². The highest BCUT2D eigenvalue weighted by Gasteiger charge is 2.23. The number of benzene rings is 2. The summed E-state index contributed by atoms with van der Waals surface area (Å²) < 4.78 is 16.2. The Labute approximate surface area is 176 Å². The maximum Gasteiger partial charge on any atom is 0.249 e. The van der Waals surface area contributed by atoms with E-state index in [0.29, 0.717) is 41.6 Å². The van der Waals surface area contributed by atoms with Gasteiger partial charge in [-0.05, 0) is 23.6 Å². The van der Waals surface area contributed by atoms with Crippen LogP contribution in [-0.2, 0) is 11.2 Å². The molecule has 1 aromatic heterocycles. The molecule has 7 heteroatoms. The second kappa shape index (κ2) is 9.91. The highest BCUT2D eigenvalue weighted by Crippen LogP contribution is 2.29. The first-order chi connectivity index (χ1) is 14.5. The van der Waals surface area contributed by atoms with E-state index in [0.717, 1.165) is 5.56 Å². The average Bonchev–Trinajstić information content (AvgIpc) is 3.23. The number of rotatable bonds is 9. The minimum atomic E-state index is -0.424. The van der Waals surface area contributed by atoms with E-state index >= 15 is 0 Å². The molecule has 0 saturated heterocycles. The molecule has 1 amide bonds. The molecule has 0 spiro atoms. The normalized spacial score (nSPS) is 11.9. The van der Waals surface area contributed by atoms with Gasteiger partial charge in [0.1, 0.15) is 17.5 Å².